The molecule has 6 heavy (non-hydrogen) atoms. The second kappa shape index (κ2) is 3.51. The van der Waals surface area contributed by atoms with Crippen LogP contribution in [0.25, 0.3) is 0 Å². The Morgan fingerprint density at radius 3 is 1.17 bits per heavy atom. The smallest absolute Gasteiger partial charge is 0.324 e. The van der Waals surface area contributed by atoms with Crippen LogP contribution in [0.5, 0.6) is 0 Å². The Kier molecular flexibility index (Phi) is 6.13. The molecule has 1 nitrogen and oxygen atoms in total. The summed E-state index contributed by atoms with van der Waals surface area (Å²) in [4.78, 5) is 0. The van der Waals surface area contributed by atoms with Gasteiger partial charge in [0.2, 0.25) is 0 Å². The van der Waals surface area contributed by atoms with Crippen LogP contribution in [0, 0.1) is 38.6 Å². The topological polar surface area (TPSA) is 17.1 Å². The van der Waals surface area contributed by atoms with E-state index in [1.807, 2.05) is 0 Å². The summed E-state index contributed by atoms with van der Waals surface area (Å²) in [5.41, 5.74) is 0. The molecular formula is C3H9OPTb+3. The van der Waals surface area contributed by atoms with Gasteiger partial charge in [-0.05, 0) is 20.0 Å². The summed E-state index contributed by atoms with van der Waals surface area (Å²) in [7, 11) is -1.64. The van der Waals surface area contributed by atoms with Gasteiger partial charge >= 0.3 is 38.6 Å². The first-order valence-electron chi connectivity index (χ1n) is 1.52. The maximum absolute atomic E-state index is 10.2. The molecule has 0 aromatic rings. The van der Waals surface area contributed by atoms with Crippen LogP contribution < -0.4 is 0 Å². The molecule has 0 N–H and O–H groups in total. The van der Waals surface area contributed by atoms with Crippen LogP contribution in [0.2, 0.25) is 0 Å². The number of hydrogen-bond acceptors (Lipinski definition) is 1. The number of hydrogen-bond donors (Lipinski definition) is 0. The minimum atomic E-state index is -1.64. The van der Waals surface area contributed by atoms with Crippen molar-refractivity contribution in [1.29, 1.82) is 0 Å². The summed E-state index contributed by atoms with van der Waals surface area (Å²) >= 11 is 0. The third-order valence-corrected chi connectivity index (χ3v) is 0. The van der Waals surface area contributed by atoms with Crippen molar-refractivity contribution in [2.24, 2.45) is 0 Å². The number of rotatable bonds is 0. The van der Waals surface area contributed by atoms with E-state index in [-0.39, 0.29) is 38.6 Å². The Labute approximate surface area is 69.7 Å². The van der Waals surface area contributed by atoms with E-state index in [4.69, 9.17) is 0 Å². The van der Waals surface area contributed by atoms with Crippen molar-refractivity contribution in [2.75, 3.05) is 20.0 Å². The van der Waals surface area contributed by atoms with Crippen LogP contribution in [0.3, 0.4) is 0 Å². The van der Waals surface area contributed by atoms with E-state index < -0.39 is 7.14 Å². The SMILES string of the molecule is CP(C)(C)=O.[Tb+3]. The minimum Gasteiger partial charge on any atom is -0.324 e. The van der Waals surface area contributed by atoms with Crippen molar-refractivity contribution >= 4 is 7.14 Å². The summed E-state index contributed by atoms with van der Waals surface area (Å²) in [6.45, 7) is 5.23. The third kappa shape index (κ3) is 49.0. The predicted molar refractivity (Wildman–Crippen MR) is 25.4 cm³/mol. The molecule has 0 aromatic carbocycles. The molecule has 0 aromatic heterocycles. The molecule has 0 saturated carbocycles. The standard InChI is InChI=1S/C3H9OP.Tb/c1-5(2,3)4;/h1-3H3;/q;+3. The molecule has 0 spiro atoms. The Morgan fingerprint density at radius 2 is 1.17 bits per heavy atom. The molecule has 0 unspecified atom stereocenters. The zero-order valence-electron chi connectivity index (χ0n) is 4.19. The quantitative estimate of drug-likeness (QED) is 0.592. The predicted octanol–water partition coefficient (Wildman–Crippen LogP) is 1.24. The Morgan fingerprint density at radius 1 is 1.17 bits per heavy atom. The summed E-state index contributed by atoms with van der Waals surface area (Å²) in [5.74, 6) is 0. The Bertz CT molecular complexity index is 56.9. The molecule has 0 heterocycles. The van der Waals surface area contributed by atoms with E-state index in [1.165, 1.54) is 0 Å². The first-order valence-corrected chi connectivity index (χ1v) is 4.57. The average molecular weight is 251 g/mol. The molecule has 38 valence electrons. The van der Waals surface area contributed by atoms with Gasteiger partial charge in [0.1, 0.15) is 0 Å². The van der Waals surface area contributed by atoms with E-state index in [0.717, 1.165) is 0 Å². The molecular weight excluding hydrogens is 242 g/mol. The fourth-order valence-corrected chi connectivity index (χ4v) is 0. The second-order valence-electron chi connectivity index (χ2n) is 1.89. The molecule has 0 aliphatic heterocycles. The second-order valence-corrected chi connectivity index (χ2v) is 5.67. The van der Waals surface area contributed by atoms with Gasteiger partial charge in [0.25, 0.3) is 0 Å². The summed E-state index contributed by atoms with van der Waals surface area (Å²) in [6, 6.07) is 0. The monoisotopic (exact) mass is 251 g/mol. The molecule has 0 atom stereocenters. The third-order valence-electron chi connectivity index (χ3n) is 0. The van der Waals surface area contributed by atoms with Crippen molar-refractivity contribution in [3.8, 4) is 0 Å². The normalized spacial score (nSPS) is 9.83. The van der Waals surface area contributed by atoms with Crippen molar-refractivity contribution in [2.45, 2.75) is 0 Å². The van der Waals surface area contributed by atoms with E-state index in [1.54, 1.807) is 20.0 Å². The molecule has 0 rings (SSSR count). The largest absolute Gasteiger partial charge is 3.00 e. The fraction of sp³-hybridized carbons (Fsp3) is 1.00. The van der Waals surface area contributed by atoms with E-state index in [9.17, 15) is 4.57 Å². The zero-order chi connectivity index (χ0) is 4.50. The molecule has 0 aliphatic carbocycles. The van der Waals surface area contributed by atoms with Gasteiger partial charge in [-0.2, -0.15) is 0 Å². The van der Waals surface area contributed by atoms with Crippen LogP contribution in [-0.4, -0.2) is 20.0 Å². The van der Waals surface area contributed by atoms with Gasteiger partial charge in [0.15, 0.2) is 0 Å². The average Bonchev–Trinajstić information content (AvgIpc) is 0.722. The van der Waals surface area contributed by atoms with Crippen molar-refractivity contribution in [3.63, 3.8) is 0 Å². The maximum atomic E-state index is 10.2. The maximum Gasteiger partial charge on any atom is 3.00 e. The van der Waals surface area contributed by atoms with Crippen LogP contribution in [0.15, 0.2) is 0 Å². The van der Waals surface area contributed by atoms with Crippen molar-refractivity contribution in [1.82, 2.24) is 0 Å². The molecule has 0 amide bonds. The fourth-order valence-electron chi connectivity index (χ4n) is 0. The Balaban J connectivity index is 0. The van der Waals surface area contributed by atoms with Gasteiger partial charge in [0, 0.05) is 0 Å². The van der Waals surface area contributed by atoms with Crippen LogP contribution in [0.4, 0.5) is 0 Å². The first kappa shape index (κ1) is 10.5. The van der Waals surface area contributed by atoms with Gasteiger partial charge in [-0.3, -0.25) is 0 Å². The van der Waals surface area contributed by atoms with Crippen LogP contribution in [-0.2, 0) is 4.57 Å². The van der Waals surface area contributed by atoms with E-state index >= 15 is 0 Å². The van der Waals surface area contributed by atoms with Gasteiger partial charge < -0.3 is 4.57 Å². The van der Waals surface area contributed by atoms with E-state index in [0.29, 0.717) is 0 Å². The van der Waals surface area contributed by atoms with Gasteiger partial charge in [-0.1, -0.05) is 0 Å². The first-order chi connectivity index (χ1) is 2.00. The zero-order valence-corrected chi connectivity index (χ0v) is 7.22. The van der Waals surface area contributed by atoms with Gasteiger partial charge in [0.05, 0.1) is 7.14 Å². The summed E-state index contributed by atoms with van der Waals surface area (Å²) in [5, 5.41) is 0. The molecule has 0 fully saturated rings. The molecule has 3 heteroatoms. The molecule has 0 bridgehead atoms. The Hall–Kier alpha value is 1.52. The summed E-state index contributed by atoms with van der Waals surface area (Å²) in [6.07, 6.45) is 0. The van der Waals surface area contributed by atoms with Crippen molar-refractivity contribution < 1.29 is 43.2 Å². The molecule has 0 radical (unpaired) electrons. The van der Waals surface area contributed by atoms with Crippen LogP contribution >= 0.6 is 7.14 Å². The van der Waals surface area contributed by atoms with E-state index in [2.05, 4.69) is 0 Å². The van der Waals surface area contributed by atoms with Crippen molar-refractivity contribution in [3.05, 3.63) is 0 Å². The summed E-state index contributed by atoms with van der Waals surface area (Å²) < 4.78 is 10.2. The molecule has 0 aliphatic rings. The molecule has 0 saturated heterocycles. The van der Waals surface area contributed by atoms with Gasteiger partial charge in [-0.15, -0.1) is 0 Å². The van der Waals surface area contributed by atoms with Gasteiger partial charge in [-0.25, -0.2) is 0 Å². The van der Waals surface area contributed by atoms with Crippen LogP contribution in [0.1, 0.15) is 0 Å². The minimum absolute atomic E-state index is 0.